The molecule has 1 aromatic carbocycles. The first-order chi connectivity index (χ1) is 7.66. The standard InChI is InChI=1S/C14H20FN/c1-3-4-11(2)16-14(9-10-14)12-5-7-13(15)8-6-12/h5-8,11,16H,3-4,9-10H2,1-2H3. The lowest BCUT2D eigenvalue weighted by molar-refractivity contribution is 0.417. The average molecular weight is 221 g/mol. The van der Waals surface area contributed by atoms with E-state index in [9.17, 15) is 4.39 Å². The molecule has 1 fully saturated rings. The maximum atomic E-state index is 12.9. The number of hydrogen-bond donors (Lipinski definition) is 1. The van der Waals surface area contributed by atoms with Crippen molar-refractivity contribution >= 4 is 0 Å². The van der Waals surface area contributed by atoms with Crippen molar-refractivity contribution in [3.8, 4) is 0 Å². The van der Waals surface area contributed by atoms with E-state index in [4.69, 9.17) is 0 Å². The van der Waals surface area contributed by atoms with E-state index in [1.807, 2.05) is 12.1 Å². The minimum atomic E-state index is -0.152. The first-order valence-electron chi connectivity index (χ1n) is 6.20. The van der Waals surface area contributed by atoms with Crippen LogP contribution in [0.25, 0.3) is 0 Å². The Hall–Kier alpha value is -0.890. The molecule has 0 saturated heterocycles. The lowest BCUT2D eigenvalue weighted by atomic mass is 10.0. The van der Waals surface area contributed by atoms with Gasteiger partial charge in [-0.3, -0.25) is 0 Å². The van der Waals surface area contributed by atoms with E-state index in [0.29, 0.717) is 6.04 Å². The Bertz CT molecular complexity index is 340. The number of benzene rings is 1. The molecule has 0 amide bonds. The van der Waals surface area contributed by atoms with Gasteiger partial charge >= 0.3 is 0 Å². The molecule has 0 aromatic heterocycles. The molecule has 16 heavy (non-hydrogen) atoms. The van der Waals surface area contributed by atoms with Gasteiger partial charge in [0.1, 0.15) is 5.82 Å². The minimum absolute atomic E-state index is 0.141. The molecule has 0 radical (unpaired) electrons. The highest BCUT2D eigenvalue weighted by Crippen LogP contribution is 2.46. The zero-order valence-electron chi connectivity index (χ0n) is 10.1. The van der Waals surface area contributed by atoms with Crippen LogP contribution in [0.5, 0.6) is 0 Å². The summed E-state index contributed by atoms with van der Waals surface area (Å²) < 4.78 is 12.9. The van der Waals surface area contributed by atoms with Crippen molar-refractivity contribution < 1.29 is 4.39 Å². The van der Waals surface area contributed by atoms with Crippen molar-refractivity contribution in [2.24, 2.45) is 0 Å². The van der Waals surface area contributed by atoms with Crippen molar-refractivity contribution in [3.05, 3.63) is 35.6 Å². The molecule has 1 nitrogen and oxygen atoms in total. The van der Waals surface area contributed by atoms with E-state index in [1.54, 1.807) is 12.1 Å². The molecule has 2 rings (SSSR count). The number of nitrogens with one attached hydrogen (secondary N) is 1. The Morgan fingerprint density at radius 3 is 2.44 bits per heavy atom. The van der Waals surface area contributed by atoms with Crippen LogP contribution in [0.1, 0.15) is 45.1 Å². The van der Waals surface area contributed by atoms with Crippen LogP contribution in [0.4, 0.5) is 4.39 Å². The van der Waals surface area contributed by atoms with Gasteiger partial charge in [-0.25, -0.2) is 4.39 Å². The maximum Gasteiger partial charge on any atom is 0.123 e. The summed E-state index contributed by atoms with van der Waals surface area (Å²) >= 11 is 0. The summed E-state index contributed by atoms with van der Waals surface area (Å²) in [6.07, 6.45) is 4.75. The summed E-state index contributed by atoms with van der Waals surface area (Å²) in [5, 5.41) is 3.68. The Morgan fingerprint density at radius 2 is 1.94 bits per heavy atom. The molecule has 1 aromatic rings. The molecule has 0 aliphatic heterocycles. The van der Waals surface area contributed by atoms with Gasteiger partial charge in [-0.15, -0.1) is 0 Å². The molecule has 1 N–H and O–H groups in total. The van der Waals surface area contributed by atoms with Gasteiger partial charge in [-0.05, 0) is 43.9 Å². The topological polar surface area (TPSA) is 12.0 Å². The summed E-state index contributed by atoms with van der Waals surface area (Å²) in [4.78, 5) is 0. The predicted molar refractivity (Wildman–Crippen MR) is 64.8 cm³/mol. The molecular formula is C14H20FN. The van der Waals surface area contributed by atoms with Gasteiger partial charge in [0.2, 0.25) is 0 Å². The van der Waals surface area contributed by atoms with Crippen molar-refractivity contribution in [2.45, 2.75) is 51.1 Å². The molecule has 0 bridgehead atoms. The van der Waals surface area contributed by atoms with Gasteiger partial charge in [0.05, 0.1) is 0 Å². The molecule has 2 heteroatoms. The highest BCUT2D eigenvalue weighted by atomic mass is 19.1. The van der Waals surface area contributed by atoms with Gasteiger partial charge in [0, 0.05) is 11.6 Å². The first kappa shape index (κ1) is 11.6. The molecule has 1 aliphatic rings. The second kappa shape index (κ2) is 4.54. The van der Waals surface area contributed by atoms with Crippen molar-refractivity contribution in [1.82, 2.24) is 5.32 Å². The van der Waals surface area contributed by atoms with Crippen LogP contribution in [0.15, 0.2) is 24.3 Å². The van der Waals surface area contributed by atoms with Crippen molar-refractivity contribution in [1.29, 1.82) is 0 Å². The van der Waals surface area contributed by atoms with Crippen molar-refractivity contribution in [3.63, 3.8) is 0 Å². The van der Waals surface area contributed by atoms with Crippen molar-refractivity contribution in [2.75, 3.05) is 0 Å². The molecule has 88 valence electrons. The van der Waals surface area contributed by atoms with Gasteiger partial charge < -0.3 is 5.32 Å². The lowest BCUT2D eigenvalue weighted by Gasteiger charge is -2.23. The number of halogens is 1. The first-order valence-corrected chi connectivity index (χ1v) is 6.20. The summed E-state index contributed by atoms with van der Waals surface area (Å²) in [7, 11) is 0. The highest BCUT2D eigenvalue weighted by molar-refractivity contribution is 5.30. The van der Waals surface area contributed by atoms with E-state index in [-0.39, 0.29) is 11.4 Å². The SMILES string of the molecule is CCCC(C)NC1(c2ccc(F)cc2)CC1. The molecule has 1 atom stereocenters. The molecule has 1 saturated carbocycles. The fraction of sp³-hybridized carbons (Fsp3) is 0.571. The van der Waals surface area contributed by atoms with E-state index in [2.05, 4.69) is 19.2 Å². The molecule has 0 spiro atoms. The third-order valence-electron chi connectivity index (χ3n) is 3.39. The van der Waals surface area contributed by atoms with Gasteiger partial charge in [0.25, 0.3) is 0 Å². The highest BCUT2D eigenvalue weighted by Gasteiger charge is 2.44. The van der Waals surface area contributed by atoms with Crippen LogP contribution in [0.3, 0.4) is 0 Å². The largest absolute Gasteiger partial charge is 0.305 e. The Balaban J connectivity index is 2.05. The fourth-order valence-corrected chi connectivity index (χ4v) is 2.39. The Morgan fingerprint density at radius 1 is 1.31 bits per heavy atom. The monoisotopic (exact) mass is 221 g/mol. The van der Waals surface area contributed by atoms with Gasteiger partial charge in [-0.1, -0.05) is 25.5 Å². The average Bonchev–Trinajstić information content (AvgIpc) is 3.00. The molecule has 1 unspecified atom stereocenters. The number of hydrogen-bond acceptors (Lipinski definition) is 1. The predicted octanol–water partition coefficient (Wildman–Crippen LogP) is 3.59. The molecular weight excluding hydrogens is 201 g/mol. The van der Waals surface area contributed by atoms with Crippen LogP contribution < -0.4 is 5.32 Å². The third kappa shape index (κ3) is 2.43. The summed E-state index contributed by atoms with van der Waals surface area (Å²) in [6, 6.07) is 7.48. The van der Waals surface area contributed by atoms with Crippen LogP contribution in [0.2, 0.25) is 0 Å². The smallest absolute Gasteiger partial charge is 0.123 e. The minimum Gasteiger partial charge on any atom is -0.305 e. The Kier molecular flexibility index (Phi) is 3.29. The second-order valence-electron chi connectivity index (χ2n) is 4.92. The maximum absolute atomic E-state index is 12.9. The third-order valence-corrected chi connectivity index (χ3v) is 3.39. The van der Waals surface area contributed by atoms with Gasteiger partial charge in [0.15, 0.2) is 0 Å². The van der Waals surface area contributed by atoms with Gasteiger partial charge in [-0.2, -0.15) is 0 Å². The second-order valence-corrected chi connectivity index (χ2v) is 4.92. The Labute approximate surface area is 97.1 Å². The van der Waals surface area contributed by atoms with Crippen LogP contribution in [-0.2, 0) is 5.54 Å². The zero-order valence-corrected chi connectivity index (χ0v) is 10.1. The lowest BCUT2D eigenvalue weighted by Crippen LogP contribution is -2.36. The quantitative estimate of drug-likeness (QED) is 0.801. The van der Waals surface area contributed by atoms with E-state index in [0.717, 1.165) is 0 Å². The molecule has 1 aliphatic carbocycles. The van der Waals surface area contributed by atoms with Crippen LogP contribution >= 0.6 is 0 Å². The van der Waals surface area contributed by atoms with E-state index >= 15 is 0 Å². The number of rotatable bonds is 5. The zero-order chi connectivity index (χ0) is 11.6. The summed E-state index contributed by atoms with van der Waals surface area (Å²) in [5.74, 6) is -0.152. The van der Waals surface area contributed by atoms with Crippen LogP contribution in [0, 0.1) is 5.82 Å². The van der Waals surface area contributed by atoms with E-state index < -0.39 is 0 Å². The fourth-order valence-electron chi connectivity index (χ4n) is 2.39. The molecule has 0 heterocycles. The normalized spacial score (nSPS) is 19.4. The summed E-state index contributed by atoms with van der Waals surface area (Å²) in [5.41, 5.74) is 1.37. The summed E-state index contributed by atoms with van der Waals surface area (Å²) in [6.45, 7) is 4.43. The van der Waals surface area contributed by atoms with E-state index in [1.165, 1.54) is 31.2 Å². The van der Waals surface area contributed by atoms with Crippen LogP contribution in [-0.4, -0.2) is 6.04 Å².